The number of aryl methyl sites for hydroxylation is 2. The zero-order chi connectivity index (χ0) is 15.1. The predicted octanol–water partition coefficient (Wildman–Crippen LogP) is -1.18. The molecule has 1 aliphatic rings. The first kappa shape index (κ1) is 17.3. The van der Waals surface area contributed by atoms with Gasteiger partial charge in [-0.25, -0.2) is 4.99 Å². The molecule has 0 atom stereocenters. The monoisotopic (exact) mass is 290 g/mol. The number of hydrogen-bond donors (Lipinski definition) is 0. The molecule has 0 spiro atoms. The van der Waals surface area contributed by atoms with Gasteiger partial charge >= 0.3 is 25.0 Å². The van der Waals surface area contributed by atoms with Crippen molar-refractivity contribution < 1.29 is 41.9 Å². The van der Waals surface area contributed by atoms with E-state index in [1.54, 1.807) is 26.0 Å². The molecule has 0 fully saturated rings. The molecule has 1 amide bonds. The first-order valence-corrected chi connectivity index (χ1v) is 5.65. The van der Waals surface area contributed by atoms with E-state index in [0.717, 1.165) is 5.56 Å². The minimum atomic E-state index is -4.82. The van der Waals surface area contributed by atoms with Crippen LogP contribution < -0.4 is 28.9 Å². The Balaban J connectivity index is 0.00000220. The summed E-state index contributed by atoms with van der Waals surface area (Å²) >= 11 is 0. The summed E-state index contributed by atoms with van der Waals surface area (Å²) in [6, 6.07) is 4.63. The Labute approximate surface area is 131 Å². The van der Waals surface area contributed by atoms with Crippen LogP contribution in [0.15, 0.2) is 35.2 Å². The average molecular weight is 290 g/mol. The van der Waals surface area contributed by atoms with Gasteiger partial charge in [0, 0.05) is 0 Å². The van der Waals surface area contributed by atoms with Crippen molar-refractivity contribution in [1.82, 2.24) is 0 Å². The van der Waals surface area contributed by atoms with Crippen molar-refractivity contribution in [3.05, 3.63) is 41.3 Å². The molecular weight excluding hydrogens is 280 g/mol. The largest absolute Gasteiger partial charge is 1.00 e. The van der Waals surface area contributed by atoms with E-state index in [4.69, 9.17) is 0 Å². The van der Waals surface area contributed by atoms with Crippen molar-refractivity contribution in [3.63, 3.8) is 0 Å². The van der Waals surface area contributed by atoms with Crippen LogP contribution in [-0.4, -0.2) is 17.9 Å². The van der Waals surface area contributed by atoms with E-state index in [2.05, 4.69) is 4.99 Å². The van der Waals surface area contributed by atoms with Crippen LogP contribution in [0.1, 0.15) is 11.1 Å². The molecule has 1 aliphatic heterocycles. The van der Waals surface area contributed by atoms with Gasteiger partial charge in [-0.15, -0.1) is 6.26 Å². The molecule has 2 rings (SSSR count). The van der Waals surface area contributed by atoms with Crippen LogP contribution in [-0.2, 0) is 4.79 Å². The van der Waals surface area contributed by atoms with E-state index in [1.165, 1.54) is 6.07 Å². The zero-order valence-corrected chi connectivity index (χ0v) is 11.7. The maximum Gasteiger partial charge on any atom is 1.00 e. The molecule has 8 heteroatoms. The van der Waals surface area contributed by atoms with Crippen molar-refractivity contribution in [2.75, 3.05) is 4.90 Å². The molecule has 0 aliphatic carbocycles. The third-order valence-electron chi connectivity index (χ3n) is 2.82. The molecule has 0 saturated heterocycles. The summed E-state index contributed by atoms with van der Waals surface area (Å²) in [4.78, 5) is 15.4. The number of aliphatic imine (C=N–C) groups is 1. The maximum atomic E-state index is 12.9. The van der Waals surface area contributed by atoms with Crippen molar-refractivity contribution in [2.24, 2.45) is 4.99 Å². The average Bonchev–Trinajstić information content (AvgIpc) is 2.66. The molecule has 21 heavy (non-hydrogen) atoms. The molecular formula is C13H10F3LiN2O2. The molecule has 0 unspecified atom stereocenters. The van der Waals surface area contributed by atoms with Gasteiger partial charge in [-0.3, -0.25) is 9.69 Å². The second-order valence-corrected chi connectivity index (χ2v) is 4.37. The fourth-order valence-corrected chi connectivity index (χ4v) is 1.97. The Bertz CT molecular complexity index is 639. The first-order valence-electron chi connectivity index (χ1n) is 5.65. The number of anilines is 1. The number of rotatable bonds is 1. The van der Waals surface area contributed by atoms with Gasteiger partial charge in [-0.05, 0) is 25.5 Å². The molecule has 1 aromatic rings. The van der Waals surface area contributed by atoms with E-state index in [0.29, 0.717) is 10.5 Å². The van der Waals surface area contributed by atoms with Gasteiger partial charge in [0.25, 0.3) is 5.91 Å². The van der Waals surface area contributed by atoms with E-state index in [-0.39, 0.29) is 30.8 Å². The van der Waals surface area contributed by atoms with Gasteiger partial charge in [-0.1, -0.05) is 17.7 Å². The fourth-order valence-electron chi connectivity index (χ4n) is 1.97. The number of amidine groups is 1. The normalized spacial score (nSPS) is 17.0. The Morgan fingerprint density at radius 1 is 1.29 bits per heavy atom. The van der Waals surface area contributed by atoms with Gasteiger partial charge in [0.1, 0.15) is 5.70 Å². The molecule has 0 radical (unpaired) electrons. The van der Waals surface area contributed by atoms with Gasteiger partial charge in [0.2, 0.25) is 5.84 Å². The maximum absolute atomic E-state index is 12.9. The number of carbonyl (C=O) groups excluding carboxylic acids is 1. The Morgan fingerprint density at radius 2 is 1.90 bits per heavy atom. The molecule has 0 N–H and O–H groups in total. The van der Waals surface area contributed by atoms with E-state index >= 15 is 0 Å². The van der Waals surface area contributed by atoms with E-state index in [9.17, 15) is 23.1 Å². The molecule has 1 aromatic carbocycles. The Hall–Kier alpha value is -1.71. The minimum Gasteiger partial charge on any atom is -0.876 e. The molecule has 0 bridgehead atoms. The summed E-state index contributed by atoms with van der Waals surface area (Å²) < 4.78 is 38.8. The first-order chi connectivity index (χ1) is 9.25. The van der Waals surface area contributed by atoms with Crippen molar-refractivity contribution in [1.29, 1.82) is 0 Å². The predicted molar refractivity (Wildman–Crippen MR) is 65.0 cm³/mol. The second-order valence-electron chi connectivity index (χ2n) is 4.37. The second kappa shape index (κ2) is 5.96. The SMILES string of the molecule is Cc1ccc(N2C(=O)/C(=C\[O-])N=C2C(F)(F)F)c(C)c1.[Li+]. The fraction of sp³-hybridized carbons (Fsp3) is 0.231. The number of halogens is 3. The molecule has 0 saturated carbocycles. The summed E-state index contributed by atoms with van der Waals surface area (Å²) in [5.74, 6) is -2.46. The molecule has 106 valence electrons. The van der Waals surface area contributed by atoms with Crippen LogP contribution in [0.5, 0.6) is 0 Å². The Morgan fingerprint density at radius 3 is 2.38 bits per heavy atom. The number of amides is 1. The third kappa shape index (κ3) is 3.14. The number of alkyl halides is 3. The van der Waals surface area contributed by atoms with Crippen molar-refractivity contribution in [2.45, 2.75) is 20.0 Å². The molecule has 4 nitrogen and oxygen atoms in total. The van der Waals surface area contributed by atoms with Gasteiger partial charge in [-0.2, -0.15) is 13.2 Å². The van der Waals surface area contributed by atoms with Crippen LogP contribution in [0.2, 0.25) is 0 Å². The molecule has 0 aromatic heterocycles. The smallest absolute Gasteiger partial charge is 0.876 e. The topological polar surface area (TPSA) is 55.7 Å². The number of nitrogens with zero attached hydrogens (tertiary/aromatic N) is 2. The standard InChI is InChI=1S/C13H11F3N2O2.Li/c1-7-3-4-10(8(2)5-7)18-11(20)9(6-19)17-12(18)13(14,15)16;/h3-6,19H,1-2H3;/q;+1/p-1/b9-6+;. The summed E-state index contributed by atoms with van der Waals surface area (Å²) in [6.07, 6.45) is -4.80. The molecule has 1 heterocycles. The Kier molecular flexibility index (Phi) is 4.92. The summed E-state index contributed by atoms with van der Waals surface area (Å²) in [5.41, 5.74) is 0.649. The summed E-state index contributed by atoms with van der Waals surface area (Å²) in [5, 5.41) is 10.6. The number of carbonyl (C=O) groups is 1. The third-order valence-corrected chi connectivity index (χ3v) is 2.82. The zero-order valence-electron chi connectivity index (χ0n) is 11.7. The van der Waals surface area contributed by atoms with Crippen molar-refractivity contribution >= 4 is 17.4 Å². The number of hydrogen-bond acceptors (Lipinski definition) is 3. The van der Waals surface area contributed by atoms with Crippen LogP contribution in [0, 0.1) is 13.8 Å². The van der Waals surface area contributed by atoms with E-state index < -0.39 is 23.6 Å². The quantitative estimate of drug-likeness (QED) is 0.371. The van der Waals surface area contributed by atoms with Crippen LogP contribution in [0.3, 0.4) is 0 Å². The number of benzene rings is 1. The summed E-state index contributed by atoms with van der Waals surface area (Å²) in [6.45, 7) is 3.37. The van der Waals surface area contributed by atoms with Crippen LogP contribution in [0.25, 0.3) is 0 Å². The minimum absolute atomic E-state index is 0. The van der Waals surface area contributed by atoms with Crippen molar-refractivity contribution in [3.8, 4) is 0 Å². The van der Waals surface area contributed by atoms with E-state index in [1.807, 2.05) is 0 Å². The van der Waals surface area contributed by atoms with Crippen LogP contribution >= 0.6 is 0 Å². The van der Waals surface area contributed by atoms with Crippen LogP contribution in [0.4, 0.5) is 18.9 Å². The van der Waals surface area contributed by atoms with Gasteiger partial charge < -0.3 is 5.11 Å². The summed E-state index contributed by atoms with van der Waals surface area (Å²) in [7, 11) is 0. The van der Waals surface area contributed by atoms with Gasteiger partial charge in [0.05, 0.1) is 5.69 Å². The van der Waals surface area contributed by atoms with Gasteiger partial charge in [0.15, 0.2) is 0 Å².